The Balaban J connectivity index is 0.000000540. The Morgan fingerprint density at radius 2 is 1.86 bits per heavy atom. The van der Waals surface area contributed by atoms with E-state index in [1.54, 1.807) is 42.9 Å². The smallest absolute Gasteiger partial charge is 0.215 e. The molecule has 15 nitrogen and oxygen atoms in total. The first kappa shape index (κ1) is 32.4. The zero-order valence-corrected chi connectivity index (χ0v) is 24.0. The Hall–Kier alpha value is -4.09. The van der Waals surface area contributed by atoms with Crippen molar-refractivity contribution in [1.29, 1.82) is 0 Å². The van der Waals surface area contributed by atoms with Gasteiger partial charge in [-0.2, -0.15) is 0 Å². The summed E-state index contributed by atoms with van der Waals surface area (Å²) in [5.74, 6) is -0.348. The van der Waals surface area contributed by atoms with Crippen molar-refractivity contribution in [3.63, 3.8) is 0 Å². The fourth-order valence-corrected chi connectivity index (χ4v) is 4.76. The van der Waals surface area contributed by atoms with Gasteiger partial charge >= 0.3 is 0 Å². The zero-order valence-electron chi connectivity index (χ0n) is 21.6. The van der Waals surface area contributed by atoms with Crippen molar-refractivity contribution in [2.24, 2.45) is 0 Å². The fraction of sp³-hybridized carbons (Fsp3) is 0.250. The number of rotatable bonds is 8. The molecule has 1 aliphatic heterocycles. The molecule has 0 N–H and O–H groups in total. The number of benzene rings is 2. The Labute approximate surface area is 252 Å². The van der Waals surface area contributed by atoms with E-state index < -0.39 is 16.0 Å². The summed E-state index contributed by atoms with van der Waals surface area (Å²) >= 11 is 14.2. The summed E-state index contributed by atoms with van der Waals surface area (Å²) in [6, 6.07) is 13.1. The summed E-state index contributed by atoms with van der Waals surface area (Å²) in [7, 11) is 0. The second-order valence-electron chi connectivity index (χ2n) is 8.25. The predicted octanol–water partition coefficient (Wildman–Crippen LogP) is 5.05. The lowest BCUT2D eigenvalue weighted by molar-refractivity contribution is -0.403. The van der Waals surface area contributed by atoms with Crippen LogP contribution in [0.1, 0.15) is 5.56 Å². The van der Waals surface area contributed by atoms with E-state index in [9.17, 15) is 0 Å². The standard InChI is InChI=1S/C24H22Cl2N4O3S.2NO3/c1-34-30-11-23(28-16-30)17-3-2-4-19(9-17)31-12-20-13-32-24(33-20,14-29-8-7-27-15-29)21-6-5-18(25)10-22(21)26;2*2-1(3)4/h2-11,15-16,20H,12-14H2,1H3;;/q;2*-1. The maximum absolute atomic E-state index is 8.25. The van der Waals surface area contributed by atoms with Crippen molar-refractivity contribution in [2.45, 2.75) is 18.4 Å². The average molecular weight is 641 g/mol. The number of halogens is 2. The molecule has 2 unspecified atom stereocenters. The highest BCUT2D eigenvalue weighted by molar-refractivity contribution is 7.97. The number of nitrogens with zero attached hydrogens (tertiary/aromatic N) is 6. The molecule has 0 spiro atoms. The van der Waals surface area contributed by atoms with Crippen LogP contribution < -0.4 is 4.74 Å². The largest absolute Gasteiger partial charge is 0.491 e. The van der Waals surface area contributed by atoms with Gasteiger partial charge in [0.2, 0.25) is 5.79 Å². The van der Waals surface area contributed by atoms with Crippen molar-refractivity contribution in [2.75, 3.05) is 19.5 Å². The van der Waals surface area contributed by atoms with Crippen LogP contribution in [0.2, 0.25) is 10.0 Å². The lowest BCUT2D eigenvalue weighted by Crippen LogP contribution is -2.34. The maximum atomic E-state index is 8.25. The van der Waals surface area contributed by atoms with Crippen LogP contribution in [0.4, 0.5) is 0 Å². The highest BCUT2D eigenvalue weighted by atomic mass is 35.5. The minimum Gasteiger partial charge on any atom is -0.491 e. The third-order valence-corrected chi connectivity index (χ3v) is 6.66. The Kier molecular flexibility index (Phi) is 11.8. The van der Waals surface area contributed by atoms with Crippen LogP contribution in [0, 0.1) is 30.6 Å². The SMILES string of the molecule is CSn1cnc(-c2cccc(OCC3COC(Cn4ccnc4)(c4ccc(Cl)cc4Cl)O3)c2)c1.O=[N+]([O-])[O-].O=[N+]([O-])[O-]. The number of ether oxygens (including phenoxy) is 3. The molecule has 0 amide bonds. The van der Waals surface area contributed by atoms with E-state index in [0.717, 1.165) is 17.0 Å². The molecule has 2 atom stereocenters. The zero-order chi connectivity index (χ0) is 30.7. The molecule has 0 aliphatic carbocycles. The number of hydrogen-bond acceptors (Lipinski definition) is 12. The van der Waals surface area contributed by atoms with Gasteiger partial charge < -0.3 is 49.4 Å². The van der Waals surface area contributed by atoms with Gasteiger partial charge in [-0.15, -0.1) is 0 Å². The third-order valence-electron chi connectivity index (χ3n) is 5.49. The van der Waals surface area contributed by atoms with Crippen LogP contribution in [-0.4, -0.2) is 54.3 Å². The molecule has 4 aromatic rings. The van der Waals surface area contributed by atoms with E-state index in [4.69, 9.17) is 68.1 Å². The molecule has 224 valence electrons. The van der Waals surface area contributed by atoms with Gasteiger partial charge in [-0.1, -0.05) is 41.4 Å². The minimum absolute atomic E-state index is 0.297. The molecule has 42 heavy (non-hydrogen) atoms. The molecule has 1 aliphatic rings. The average Bonchev–Trinajstić information content (AvgIpc) is 3.69. The summed E-state index contributed by atoms with van der Waals surface area (Å²) in [5.41, 5.74) is 2.58. The van der Waals surface area contributed by atoms with Gasteiger partial charge in [-0.05, 0) is 36.2 Å². The van der Waals surface area contributed by atoms with E-state index in [0.29, 0.717) is 35.4 Å². The van der Waals surface area contributed by atoms with E-state index in [2.05, 4.69) is 9.97 Å². The minimum atomic E-state index is -1.75. The second-order valence-corrected chi connectivity index (χ2v) is 9.88. The van der Waals surface area contributed by atoms with Gasteiger partial charge in [0, 0.05) is 41.0 Å². The van der Waals surface area contributed by atoms with E-state index in [1.807, 2.05) is 57.5 Å². The van der Waals surface area contributed by atoms with Gasteiger partial charge in [-0.3, -0.25) is 3.97 Å². The molecule has 3 heterocycles. The highest BCUT2D eigenvalue weighted by Gasteiger charge is 2.45. The molecule has 0 bridgehead atoms. The van der Waals surface area contributed by atoms with E-state index in [-0.39, 0.29) is 6.10 Å². The van der Waals surface area contributed by atoms with Gasteiger partial charge in [0.05, 0.1) is 40.4 Å². The Bertz CT molecular complexity index is 1460. The van der Waals surface area contributed by atoms with Crippen LogP contribution in [0.3, 0.4) is 0 Å². The number of aromatic nitrogens is 4. The fourth-order valence-electron chi connectivity index (χ4n) is 3.86. The van der Waals surface area contributed by atoms with Gasteiger partial charge in [-0.25, -0.2) is 9.97 Å². The normalized spacial score (nSPS) is 17.4. The van der Waals surface area contributed by atoms with Gasteiger partial charge in [0.25, 0.3) is 0 Å². The lowest BCUT2D eigenvalue weighted by Gasteiger charge is -2.30. The first-order valence-electron chi connectivity index (χ1n) is 11.7. The summed E-state index contributed by atoms with van der Waals surface area (Å²) in [6.45, 7) is 1.06. The van der Waals surface area contributed by atoms with E-state index in [1.165, 1.54) is 0 Å². The molecule has 0 radical (unpaired) electrons. The van der Waals surface area contributed by atoms with Crippen LogP contribution >= 0.6 is 35.1 Å². The third kappa shape index (κ3) is 9.49. The molecular formula is C24H22Cl2N6O9S-2. The number of imidazole rings is 2. The first-order valence-corrected chi connectivity index (χ1v) is 13.6. The van der Waals surface area contributed by atoms with Crippen LogP contribution in [0.15, 0.2) is 73.7 Å². The maximum Gasteiger partial charge on any atom is 0.215 e. The monoisotopic (exact) mass is 640 g/mol. The molecule has 1 fully saturated rings. The molecule has 2 aromatic carbocycles. The van der Waals surface area contributed by atoms with E-state index >= 15 is 0 Å². The van der Waals surface area contributed by atoms with Crippen molar-refractivity contribution in [3.8, 4) is 17.0 Å². The molecule has 2 aromatic heterocycles. The van der Waals surface area contributed by atoms with Crippen LogP contribution in [0.25, 0.3) is 11.3 Å². The second kappa shape index (κ2) is 15.2. The Morgan fingerprint density at radius 1 is 1.12 bits per heavy atom. The quantitative estimate of drug-likeness (QED) is 0.184. The highest BCUT2D eigenvalue weighted by Crippen LogP contribution is 2.40. The van der Waals surface area contributed by atoms with Crippen molar-refractivity contribution in [3.05, 3.63) is 120 Å². The molecule has 0 saturated carbocycles. The molecular weight excluding hydrogens is 619 g/mol. The molecule has 18 heteroatoms. The Morgan fingerprint density at radius 3 is 2.48 bits per heavy atom. The molecule has 5 rings (SSSR count). The van der Waals surface area contributed by atoms with Crippen molar-refractivity contribution >= 4 is 35.1 Å². The van der Waals surface area contributed by atoms with Crippen LogP contribution in [0.5, 0.6) is 5.75 Å². The summed E-state index contributed by atoms with van der Waals surface area (Å²) < 4.78 is 22.6. The summed E-state index contributed by atoms with van der Waals surface area (Å²) in [6.07, 6.45) is 10.8. The van der Waals surface area contributed by atoms with Crippen molar-refractivity contribution in [1.82, 2.24) is 18.5 Å². The van der Waals surface area contributed by atoms with Crippen molar-refractivity contribution < 1.29 is 24.4 Å². The predicted molar refractivity (Wildman–Crippen MR) is 154 cm³/mol. The summed E-state index contributed by atoms with van der Waals surface area (Å²) in [5, 5.41) is 30.5. The first-order chi connectivity index (χ1) is 20.0. The lowest BCUT2D eigenvalue weighted by atomic mass is 10.1. The molecule has 1 saturated heterocycles. The summed E-state index contributed by atoms with van der Waals surface area (Å²) in [4.78, 5) is 25.1. The van der Waals surface area contributed by atoms with Crippen LogP contribution in [-0.2, 0) is 21.8 Å². The van der Waals surface area contributed by atoms with Gasteiger partial charge in [0.1, 0.15) is 24.8 Å². The topological polar surface area (TPSA) is 196 Å². The number of hydrogen-bond donors (Lipinski definition) is 0. The van der Waals surface area contributed by atoms with Gasteiger partial charge in [0.15, 0.2) is 0 Å².